The van der Waals surface area contributed by atoms with E-state index >= 15 is 0 Å². The van der Waals surface area contributed by atoms with Crippen LogP contribution >= 0.6 is 11.3 Å². The lowest BCUT2D eigenvalue weighted by molar-refractivity contribution is 0.0398. The quantitative estimate of drug-likeness (QED) is 0.773. The summed E-state index contributed by atoms with van der Waals surface area (Å²) in [5, 5.41) is 6.63. The molecule has 3 aromatic rings. The van der Waals surface area contributed by atoms with Crippen molar-refractivity contribution in [2.24, 2.45) is 0 Å². The molecule has 0 unspecified atom stereocenters. The molecular formula is C18H20N4OS. The van der Waals surface area contributed by atoms with Gasteiger partial charge in [0.2, 0.25) is 0 Å². The zero-order chi connectivity index (χ0) is 16.2. The Morgan fingerprint density at radius 2 is 1.96 bits per heavy atom. The molecule has 124 valence electrons. The molecule has 1 N–H and O–H groups in total. The number of rotatable bonds is 5. The van der Waals surface area contributed by atoms with Crippen LogP contribution in [0.25, 0.3) is 21.6 Å². The molecule has 2 aromatic heterocycles. The van der Waals surface area contributed by atoms with Crippen molar-refractivity contribution in [2.45, 2.75) is 0 Å². The Morgan fingerprint density at radius 1 is 1.08 bits per heavy atom. The van der Waals surface area contributed by atoms with Crippen LogP contribution in [-0.4, -0.2) is 54.3 Å². The van der Waals surface area contributed by atoms with E-state index in [2.05, 4.69) is 27.7 Å². The van der Waals surface area contributed by atoms with Crippen LogP contribution in [0.2, 0.25) is 0 Å². The van der Waals surface area contributed by atoms with Gasteiger partial charge < -0.3 is 10.1 Å². The van der Waals surface area contributed by atoms with E-state index in [1.54, 1.807) is 11.3 Å². The number of hydrogen-bond acceptors (Lipinski definition) is 6. The molecule has 1 aliphatic heterocycles. The van der Waals surface area contributed by atoms with Gasteiger partial charge in [-0.25, -0.2) is 9.97 Å². The maximum atomic E-state index is 5.40. The molecular weight excluding hydrogens is 320 g/mol. The maximum absolute atomic E-state index is 5.40. The third kappa shape index (κ3) is 3.40. The van der Waals surface area contributed by atoms with Crippen LogP contribution in [0.15, 0.2) is 41.8 Å². The third-order valence-electron chi connectivity index (χ3n) is 4.17. The normalized spacial score (nSPS) is 15.7. The van der Waals surface area contributed by atoms with Gasteiger partial charge in [-0.2, -0.15) is 0 Å². The SMILES string of the molecule is c1csc(-c2nc(NCCN3CCOCC3)c3ccccc3n2)c1. The fraction of sp³-hybridized carbons (Fsp3) is 0.333. The Morgan fingerprint density at radius 3 is 2.79 bits per heavy atom. The average Bonchev–Trinajstić information content (AvgIpc) is 3.17. The van der Waals surface area contributed by atoms with Crippen LogP contribution in [-0.2, 0) is 4.74 Å². The lowest BCUT2D eigenvalue weighted by atomic mass is 10.2. The number of nitrogens with one attached hydrogen (secondary N) is 1. The molecule has 5 nitrogen and oxygen atoms in total. The fourth-order valence-electron chi connectivity index (χ4n) is 2.88. The second kappa shape index (κ2) is 7.25. The molecule has 1 aliphatic rings. The van der Waals surface area contributed by atoms with Crippen molar-refractivity contribution >= 4 is 28.1 Å². The number of aromatic nitrogens is 2. The number of para-hydroxylation sites is 1. The molecule has 0 aliphatic carbocycles. The first-order valence-corrected chi connectivity index (χ1v) is 9.13. The molecule has 0 saturated carbocycles. The minimum absolute atomic E-state index is 0.789. The Hall–Kier alpha value is -2.02. The van der Waals surface area contributed by atoms with Crippen LogP contribution in [0, 0.1) is 0 Å². The number of ether oxygens (including phenoxy) is 1. The summed E-state index contributed by atoms with van der Waals surface area (Å²) in [7, 11) is 0. The molecule has 0 atom stereocenters. The lowest BCUT2D eigenvalue weighted by Crippen LogP contribution is -2.39. The molecule has 4 rings (SSSR count). The molecule has 0 amide bonds. The smallest absolute Gasteiger partial charge is 0.172 e. The number of nitrogens with zero attached hydrogens (tertiary/aromatic N) is 3. The van der Waals surface area contributed by atoms with E-state index in [9.17, 15) is 0 Å². The summed E-state index contributed by atoms with van der Waals surface area (Å²) in [5.74, 6) is 1.70. The highest BCUT2D eigenvalue weighted by molar-refractivity contribution is 7.13. The summed E-state index contributed by atoms with van der Waals surface area (Å²) >= 11 is 1.66. The van der Waals surface area contributed by atoms with Crippen LogP contribution < -0.4 is 5.32 Å². The summed E-state index contributed by atoms with van der Waals surface area (Å²) in [6, 6.07) is 12.3. The van der Waals surface area contributed by atoms with E-state index in [-0.39, 0.29) is 0 Å². The Kier molecular flexibility index (Phi) is 4.69. The van der Waals surface area contributed by atoms with Crippen LogP contribution in [0.1, 0.15) is 0 Å². The van der Waals surface area contributed by atoms with Crippen molar-refractivity contribution in [3.8, 4) is 10.7 Å². The number of morpholine rings is 1. The van der Waals surface area contributed by atoms with Crippen LogP contribution in [0.3, 0.4) is 0 Å². The molecule has 0 bridgehead atoms. The topological polar surface area (TPSA) is 50.3 Å². The molecule has 24 heavy (non-hydrogen) atoms. The summed E-state index contributed by atoms with van der Waals surface area (Å²) in [5.41, 5.74) is 0.977. The molecule has 3 heterocycles. The van der Waals surface area contributed by atoms with Gasteiger partial charge >= 0.3 is 0 Å². The fourth-order valence-corrected chi connectivity index (χ4v) is 3.54. The maximum Gasteiger partial charge on any atom is 0.172 e. The van der Waals surface area contributed by atoms with E-state index in [0.717, 1.165) is 66.8 Å². The van der Waals surface area contributed by atoms with Crippen molar-refractivity contribution in [3.05, 3.63) is 41.8 Å². The van der Waals surface area contributed by atoms with Gasteiger partial charge in [-0.1, -0.05) is 18.2 Å². The van der Waals surface area contributed by atoms with Gasteiger partial charge in [-0.15, -0.1) is 11.3 Å². The Labute approximate surface area is 145 Å². The first-order chi connectivity index (χ1) is 11.9. The van der Waals surface area contributed by atoms with Crippen molar-refractivity contribution < 1.29 is 4.74 Å². The Balaban J connectivity index is 1.56. The van der Waals surface area contributed by atoms with Gasteiger partial charge in [0.1, 0.15) is 5.82 Å². The number of hydrogen-bond donors (Lipinski definition) is 1. The predicted molar refractivity (Wildman–Crippen MR) is 98.6 cm³/mol. The van der Waals surface area contributed by atoms with Crippen molar-refractivity contribution in [1.82, 2.24) is 14.9 Å². The molecule has 0 spiro atoms. The molecule has 1 saturated heterocycles. The first kappa shape index (κ1) is 15.5. The van der Waals surface area contributed by atoms with E-state index in [1.807, 2.05) is 24.3 Å². The van der Waals surface area contributed by atoms with Gasteiger partial charge in [-0.3, -0.25) is 4.90 Å². The highest BCUT2D eigenvalue weighted by Gasteiger charge is 2.12. The Bertz CT molecular complexity index is 800. The second-order valence-electron chi connectivity index (χ2n) is 5.77. The third-order valence-corrected chi connectivity index (χ3v) is 5.03. The number of benzene rings is 1. The van der Waals surface area contributed by atoms with E-state index < -0.39 is 0 Å². The standard InChI is InChI=1S/C18H20N4OS/c1-2-5-15-14(4-1)17(19-7-8-22-9-11-23-12-10-22)21-18(20-15)16-6-3-13-24-16/h1-6,13H,7-12H2,(H,19,20,21). The van der Waals surface area contributed by atoms with Crippen LogP contribution in [0.5, 0.6) is 0 Å². The highest BCUT2D eigenvalue weighted by atomic mass is 32.1. The zero-order valence-electron chi connectivity index (χ0n) is 13.4. The minimum atomic E-state index is 0.789. The van der Waals surface area contributed by atoms with Gasteiger partial charge in [-0.05, 0) is 23.6 Å². The first-order valence-electron chi connectivity index (χ1n) is 8.25. The van der Waals surface area contributed by atoms with Gasteiger partial charge in [0.05, 0.1) is 23.6 Å². The van der Waals surface area contributed by atoms with Gasteiger partial charge in [0, 0.05) is 31.6 Å². The number of anilines is 1. The van der Waals surface area contributed by atoms with Gasteiger partial charge in [0.15, 0.2) is 5.82 Å². The predicted octanol–water partition coefficient (Wildman–Crippen LogP) is 3.10. The summed E-state index contributed by atoms with van der Waals surface area (Å²) < 4.78 is 5.40. The minimum Gasteiger partial charge on any atom is -0.379 e. The highest BCUT2D eigenvalue weighted by Crippen LogP contribution is 2.27. The molecule has 0 radical (unpaired) electrons. The zero-order valence-corrected chi connectivity index (χ0v) is 14.3. The van der Waals surface area contributed by atoms with Crippen molar-refractivity contribution in [3.63, 3.8) is 0 Å². The molecule has 1 fully saturated rings. The number of thiophene rings is 1. The van der Waals surface area contributed by atoms with Crippen molar-refractivity contribution in [1.29, 1.82) is 0 Å². The van der Waals surface area contributed by atoms with E-state index in [4.69, 9.17) is 14.7 Å². The van der Waals surface area contributed by atoms with Crippen LogP contribution in [0.4, 0.5) is 5.82 Å². The van der Waals surface area contributed by atoms with E-state index in [0.29, 0.717) is 0 Å². The summed E-state index contributed by atoms with van der Waals surface area (Å²) in [6.07, 6.45) is 0. The summed E-state index contributed by atoms with van der Waals surface area (Å²) in [6.45, 7) is 5.54. The second-order valence-corrected chi connectivity index (χ2v) is 6.72. The lowest BCUT2D eigenvalue weighted by Gasteiger charge is -2.26. The molecule has 6 heteroatoms. The average molecular weight is 340 g/mol. The van der Waals surface area contributed by atoms with E-state index in [1.165, 1.54) is 0 Å². The number of fused-ring (bicyclic) bond motifs is 1. The van der Waals surface area contributed by atoms with Crippen molar-refractivity contribution in [2.75, 3.05) is 44.7 Å². The largest absolute Gasteiger partial charge is 0.379 e. The summed E-state index contributed by atoms with van der Waals surface area (Å²) in [4.78, 5) is 13.0. The van der Waals surface area contributed by atoms with Gasteiger partial charge in [0.25, 0.3) is 0 Å². The monoisotopic (exact) mass is 340 g/mol. The molecule has 1 aromatic carbocycles.